The summed E-state index contributed by atoms with van der Waals surface area (Å²) in [5, 5.41) is 12.4. The lowest BCUT2D eigenvalue weighted by Crippen LogP contribution is -2.91. The van der Waals surface area contributed by atoms with Crippen molar-refractivity contribution in [2.45, 2.75) is 32.4 Å². The summed E-state index contributed by atoms with van der Waals surface area (Å²) in [6.45, 7) is 6.79. The predicted octanol–water partition coefficient (Wildman–Crippen LogP) is 1.63. The van der Waals surface area contributed by atoms with Crippen molar-refractivity contribution in [3.05, 3.63) is 34.3 Å². The Hall–Kier alpha value is -0.380. The van der Waals surface area contributed by atoms with Crippen molar-refractivity contribution in [3.8, 4) is 0 Å². The Labute approximate surface area is 99.8 Å². The number of quaternary nitrogens is 1. The molecule has 1 aromatic rings. The number of hydrogen-bond donors (Lipinski definition) is 2. The third-order valence-electron chi connectivity index (χ3n) is 2.45. The summed E-state index contributed by atoms with van der Waals surface area (Å²) in [6.07, 6.45) is 0. The molecule has 0 unspecified atom stereocenters. The van der Waals surface area contributed by atoms with Gasteiger partial charge in [-0.15, -0.1) is 0 Å². The first-order valence-corrected chi connectivity index (χ1v) is 6.03. The van der Waals surface area contributed by atoms with Gasteiger partial charge in [0.15, 0.2) is 0 Å². The summed E-state index contributed by atoms with van der Waals surface area (Å²) in [6, 6.07) is 8.33. The summed E-state index contributed by atoms with van der Waals surface area (Å²) in [5.41, 5.74) is 0.202. The molecule has 0 bridgehead atoms. The van der Waals surface area contributed by atoms with Gasteiger partial charge in [-0.1, -0.05) is 28.1 Å². The molecule has 0 spiro atoms. The molecular weight excluding hydrogens is 254 g/mol. The highest BCUT2D eigenvalue weighted by Gasteiger charge is 2.25. The maximum Gasteiger partial charge on any atom is 0.135 e. The topological polar surface area (TPSA) is 36.8 Å². The fourth-order valence-electron chi connectivity index (χ4n) is 1.39. The minimum absolute atomic E-state index is 0.506. The Morgan fingerprint density at radius 2 is 1.87 bits per heavy atom. The third-order valence-corrected chi connectivity index (χ3v) is 2.98. The molecule has 15 heavy (non-hydrogen) atoms. The van der Waals surface area contributed by atoms with Crippen molar-refractivity contribution in [1.29, 1.82) is 0 Å². The van der Waals surface area contributed by atoms with Crippen molar-refractivity contribution in [1.82, 2.24) is 0 Å². The van der Waals surface area contributed by atoms with E-state index >= 15 is 0 Å². The highest BCUT2D eigenvalue weighted by molar-refractivity contribution is 9.10. The van der Waals surface area contributed by atoms with Gasteiger partial charge in [-0.25, -0.2) is 0 Å². The quantitative estimate of drug-likeness (QED) is 0.859. The monoisotopic (exact) mass is 272 g/mol. The Morgan fingerprint density at radius 1 is 1.33 bits per heavy atom. The van der Waals surface area contributed by atoms with Crippen molar-refractivity contribution >= 4 is 15.9 Å². The molecule has 84 valence electrons. The molecule has 2 nitrogen and oxygen atoms in total. The average molecular weight is 273 g/mol. The Kier molecular flexibility index (Phi) is 4.32. The standard InChI is InChI=1S/C12H18BrNO/c1-9(2)14-8-12(3,15)10-4-6-11(13)7-5-10/h4-7,9,14-15H,8H2,1-3H3/p+1/t12-/m1/s1. The molecule has 0 aromatic heterocycles. The number of halogens is 1. The van der Waals surface area contributed by atoms with Crippen molar-refractivity contribution < 1.29 is 10.4 Å². The van der Waals surface area contributed by atoms with Crippen LogP contribution in [0.1, 0.15) is 26.3 Å². The summed E-state index contributed by atoms with van der Waals surface area (Å²) in [5.74, 6) is 0. The van der Waals surface area contributed by atoms with Crippen molar-refractivity contribution in [3.63, 3.8) is 0 Å². The normalized spacial score (nSPS) is 15.3. The molecule has 0 radical (unpaired) electrons. The summed E-state index contributed by atoms with van der Waals surface area (Å²) < 4.78 is 1.04. The highest BCUT2D eigenvalue weighted by atomic mass is 79.9. The lowest BCUT2D eigenvalue weighted by atomic mass is 9.96. The molecular formula is C12H19BrNO+. The van der Waals surface area contributed by atoms with Gasteiger partial charge in [0.1, 0.15) is 12.1 Å². The minimum Gasteiger partial charge on any atom is -0.380 e. The van der Waals surface area contributed by atoms with Crippen LogP contribution in [0.3, 0.4) is 0 Å². The average Bonchev–Trinajstić information content (AvgIpc) is 2.16. The first kappa shape index (κ1) is 12.7. The molecule has 1 atom stereocenters. The van der Waals surface area contributed by atoms with E-state index in [0.29, 0.717) is 12.6 Å². The van der Waals surface area contributed by atoms with E-state index in [1.807, 2.05) is 31.2 Å². The minimum atomic E-state index is -0.759. The highest BCUT2D eigenvalue weighted by Crippen LogP contribution is 2.20. The van der Waals surface area contributed by atoms with Crippen LogP contribution in [0.4, 0.5) is 0 Å². The zero-order chi connectivity index (χ0) is 11.5. The predicted molar refractivity (Wildman–Crippen MR) is 65.6 cm³/mol. The molecule has 3 N–H and O–H groups in total. The zero-order valence-electron chi connectivity index (χ0n) is 9.50. The second kappa shape index (κ2) is 5.10. The molecule has 0 saturated carbocycles. The number of nitrogens with two attached hydrogens (primary N) is 1. The SMILES string of the molecule is CC(C)[NH2+]C[C@@](C)(O)c1ccc(Br)cc1. The summed E-state index contributed by atoms with van der Waals surface area (Å²) in [4.78, 5) is 0. The maximum absolute atomic E-state index is 10.3. The van der Waals surface area contributed by atoms with Gasteiger partial charge >= 0.3 is 0 Å². The molecule has 1 rings (SSSR count). The van der Waals surface area contributed by atoms with E-state index in [9.17, 15) is 5.11 Å². The van der Waals surface area contributed by atoms with Crippen LogP contribution in [0.5, 0.6) is 0 Å². The third kappa shape index (κ3) is 3.93. The Morgan fingerprint density at radius 3 is 2.33 bits per heavy atom. The fraction of sp³-hybridized carbons (Fsp3) is 0.500. The van der Waals surface area contributed by atoms with Crippen LogP contribution in [0.2, 0.25) is 0 Å². The van der Waals surface area contributed by atoms with Gasteiger partial charge < -0.3 is 10.4 Å². The number of benzene rings is 1. The van der Waals surface area contributed by atoms with E-state index in [-0.39, 0.29) is 0 Å². The van der Waals surface area contributed by atoms with Crippen LogP contribution >= 0.6 is 15.9 Å². The molecule has 3 heteroatoms. The van der Waals surface area contributed by atoms with E-state index in [1.54, 1.807) is 0 Å². The van der Waals surface area contributed by atoms with Crippen molar-refractivity contribution in [2.75, 3.05) is 6.54 Å². The summed E-state index contributed by atoms with van der Waals surface area (Å²) in [7, 11) is 0. The van der Waals surface area contributed by atoms with E-state index < -0.39 is 5.60 Å². The molecule has 0 aliphatic carbocycles. The first-order chi connectivity index (χ1) is 6.92. The fourth-order valence-corrected chi connectivity index (χ4v) is 1.66. The molecule has 0 fully saturated rings. The Balaban J connectivity index is 2.72. The molecule has 0 aliphatic rings. The van der Waals surface area contributed by atoms with Gasteiger partial charge in [-0.2, -0.15) is 0 Å². The molecule has 0 heterocycles. The van der Waals surface area contributed by atoms with Crippen LogP contribution in [-0.2, 0) is 5.60 Å². The van der Waals surface area contributed by atoms with Gasteiger partial charge in [0.2, 0.25) is 0 Å². The smallest absolute Gasteiger partial charge is 0.135 e. The van der Waals surface area contributed by atoms with E-state index in [0.717, 1.165) is 10.0 Å². The van der Waals surface area contributed by atoms with Crippen molar-refractivity contribution in [2.24, 2.45) is 0 Å². The van der Waals surface area contributed by atoms with Crippen LogP contribution in [0.25, 0.3) is 0 Å². The van der Waals surface area contributed by atoms with E-state index in [4.69, 9.17) is 0 Å². The molecule has 1 aromatic carbocycles. The van der Waals surface area contributed by atoms with Crippen LogP contribution in [0.15, 0.2) is 28.7 Å². The van der Waals surface area contributed by atoms with Crippen LogP contribution in [0, 0.1) is 0 Å². The Bertz CT molecular complexity index is 306. The zero-order valence-corrected chi connectivity index (χ0v) is 11.1. The largest absolute Gasteiger partial charge is 0.380 e. The van der Waals surface area contributed by atoms with Gasteiger partial charge in [-0.05, 0) is 38.5 Å². The van der Waals surface area contributed by atoms with Gasteiger partial charge in [-0.3, -0.25) is 0 Å². The number of hydrogen-bond acceptors (Lipinski definition) is 1. The molecule has 0 amide bonds. The second-order valence-electron chi connectivity index (χ2n) is 4.46. The lowest BCUT2D eigenvalue weighted by molar-refractivity contribution is -0.695. The van der Waals surface area contributed by atoms with Gasteiger partial charge in [0, 0.05) is 4.47 Å². The first-order valence-electron chi connectivity index (χ1n) is 5.23. The molecule has 0 aliphatic heterocycles. The number of rotatable bonds is 4. The van der Waals surface area contributed by atoms with Crippen LogP contribution in [-0.4, -0.2) is 17.7 Å². The van der Waals surface area contributed by atoms with E-state index in [1.165, 1.54) is 0 Å². The van der Waals surface area contributed by atoms with Gasteiger partial charge in [0.05, 0.1) is 6.04 Å². The number of aliphatic hydroxyl groups is 1. The van der Waals surface area contributed by atoms with Gasteiger partial charge in [0.25, 0.3) is 0 Å². The summed E-state index contributed by atoms with van der Waals surface area (Å²) >= 11 is 3.38. The molecule has 0 saturated heterocycles. The van der Waals surface area contributed by atoms with E-state index in [2.05, 4.69) is 35.1 Å². The van der Waals surface area contributed by atoms with Crippen LogP contribution < -0.4 is 5.32 Å². The maximum atomic E-state index is 10.3. The lowest BCUT2D eigenvalue weighted by Gasteiger charge is -2.23. The second-order valence-corrected chi connectivity index (χ2v) is 5.38.